The van der Waals surface area contributed by atoms with Gasteiger partial charge in [-0.1, -0.05) is 29.3 Å². The Balaban J connectivity index is 2.28. The van der Waals surface area contributed by atoms with Crippen molar-refractivity contribution in [3.05, 3.63) is 33.1 Å². The van der Waals surface area contributed by atoms with E-state index in [0.29, 0.717) is 23.8 Å². The van der Waals surface area contributed by atoms with E-state index in [0.717, 1.165) is 34.6 Å². The molecule has 0 saturated carbocycles. The van der Waals surface area contributed by atoms with Crippen LogP contribution in [0.15, 0.2) is 27.6 Å². The van der Waals surface area contributed by atoms with Gasteiger partial charge in [-0.2, -0.15) is 0 Å². The highest BCUT2D eigenvalue weighted by Gasteiger charge is 2.34. The first-order chi connectivity index (χ1) is 10.6. The van der Waals surface area contributed by atoms with Gasteiger partial charge >= 0.3 is 0 Å². The average Bonchev–Trinajstić information content (AvgIpc) is 2.74. The molecule has 4 nitrogen and oxygen atoms in total. The van der Waals surface area contributed by atoms with E-state index in [1.807, 2.05) is 32.0 Å². The number of hydrogen-bond acceptors (Lipinski definition) is 4. The van der Waals surface area contributed by atoms with Crippen molar-refractivity contribution in [2.45, 2.75) is 26.7 Å². The first kappa shape index (κ1) is 17.1. The van der Waals surface area contributed by atoms with Crippen molar-refractivity contribution in [3.8, 4) is 5.75 Å². The maximum Gasteiger partial charge on any atom is 0.293 e. The van der Waals surface area contributed by atoms with Gasteiger partial charge in [0.05, 0.1) is 11.5 Å². The summed E-state index contributed by atoms with van der Waals surface area (Å²) in [5.74, 6) is 0.483. The summed E-state index contributed by atoms with van der Waals surface area (Å²) in [4.78, 5) is 26.1. The lowest BCUT2D eigenvalue weighted by Crippen LogP contribution is -2.29. The molecule has 0 atom stereocenters. The van der Waals surface area contributed by atoms with Crippen molar-refractivity contribution in [2.24, 2.45) is 0 Å². The summed E-state index contributed by atoms with van der Waals surface area (Å²) < 4.78 is 6.47. The second-order valence-electron chi connectivity index (χ2n) is 4.80. The van der Waals surface area contributed by atoms with Crippen LogP contribution < -0.4 is 4.74 Å². The number of halogens is 1. The minimum atomic E-state index is -0.217. The molecular formula is C16H18BrNO3S. The third-order valence-corrected chi connectivity index (χ3v) is 4.57. The van der Waals surface area contributed by atoms with E-state index in [-0.39, 0.29) is 11.1 Å². The molecule has 6 heteroatoms. The summed E-state index contributed by atoms with van der Waals surface area (Å²) in [7, 11) is 0. The lowest BCUT2D eigenvalue weighted by molar-refractivity contribution is -0.122. The van der Waals surface area contributed by atoms with Crippen molar-refractivity contribution < 1.29 is 14.3 Å². The number of amides is 2. The molecule has 0 bridgehead atoms. The van der Waals surface area contributed by atoms with Crippen LogP contribution in [0, 0.1) is 0 Å². The van der Waals surface area contributed by atoms with Crippen molar-refractivity contribution in [3.63, 3.8) is 0 Å². The van der Waals surface area contributed by atoms with E-state index in [4.69, 9.17) is 4.74 Å². The van der Waals surface area contributed by atoms with E-state index in [2.05, 4.69) is 15.9 Å². The Hall–Kier alpha value is -1.27. The number of thioether (sulfide) groups is 1. The van der Waals surface area contributed by atoms with E-state index in [1.165, 1.54) is 4.90 Å². The Morgan fingerprint density at radius 2 is 2.09 bits per heavy atom. The van der Waals surface area contributed by atoms with Gasteiger partial charge in [0, 0.05) is 16.6 Å². The Labute approximate surface area is 143 Å². The van der Waals surface area contributed by atoms with E-state index in [1.54, 1.807) is 6.08 Å². The lowest BCUT2D eigenvalue weighted by atomic mass is 10.2. The fourth-order valence-corrected chi connectivity index (χ4v) is 3.30. The molecule has 0 radical (unpaired) electrons. The van der Waals surface area contributed by atoms with Crippen LogP contribution in [0.4, 0.5) is 4.79 Å². The summed E-state index contributed by atoms with van der Waals surface area (Å²) in [6, 6.07) is 5.61. The highest BCUT2D eigenvalue weighted by atomic mass is 79.9. The molecule has 1 fully saturated rings. The summed E-state index contributed by atoms with van der Waals surface area (Å²) in [6.45, 7) is 4.96. The predicted molar refractivity (Wildman–Crippen MR) is 92.9 cm³/mol. The molecule has 1 aromatic rings. The minimum Gasteiger partial charge on any atom is -0.493 e. The molecule has 22 heavy (non-hydrogen) atoms. The number of imide groups is 1. The van der Waals surface area contributed by atoms with Gasteiger partial charge in [-0.25, -0.2) is 0 Å². The van der Waals surface area contributed by atoms with Crippen LogP contribution in [-0.2, 0) is 4.79 Å². The van der Waals surface area contributed by atoms with E-state index in [9.17, 15) is 9.59 Å². The molecule has 0 spiro atoms. The normalized spacial score (nSPS) is 16.7. The van der Waals surface area contributed by atoms with E-state index < -0.39 is 0 Å². The monoisotopic (exact) mass is 383 g/mol. The Morgan fingerprint density at radius 1 is 1.32 bits per heavy atom. The largest absolute Gasteiger partial charge is 0.493 e. The zero-order valence-corrected chi connectivity index (χ0v) is 15.0. The number of carbonyl (C=O) groups excluding carboxylic acids is 2. The van der Waals surface area contributed by atoms with Crippen LogP contribution in [0.3, 0.4) is 0 Å². The van der Waals surface area contributed by atoms with Crippen LogP contribution in [0.2, 0.25) is 0 Å². The maximum atomic E-state index is 12.3. The fraction of sp³-hybridized carbons (Fsp3) is 0.375. The highest BCUT2D eigenvalue weighted by Crippen LogP contribution is 2.35. The summed E-state index contributed by atoms with van der Waals surface area (Å²) >= 11 is 4.40. The van der Waals surface area contributed by atoms with Gasteiger partial charge in [-0.15, -0.1) is 0 Å². The SMILES string of the molecule is CCCCN1C(=O)S/C(=C\c2cc(Br)ccc2OCC)C1=O. The van der Waals surface area contributed by atoms with Crippen LogP contribution in [0.5, 0.6) is 5.75 Å². The quantitative estimate of drug-likeness (QED) is 0.668. The topological polar surface area (TPSA) is 46.6 Å². The van der Waals surface area contributed by atoms with Crippen molar-refractivity contribution in [1.82, 2.24) is 4.90 Å². The Kier molecular flexibility index (Phi) is 6.08. The zero-order valence-electron chi connectivity index (χ0n) is 12.6. The van der Waals surface area contributed by atoms with Gasteiger partial charge < -0.3 is 4.74 Å². The van der Waals surface area contributed by atoms with Crippen molar-refractivity contribution in [2.75, 3.05) is 13.2 Å². The Bertz CT molecular complexity index is 615. The molecule has 2 rings (SSSR count). The number of nitrogens with zero attached hydrogens (tertiary/aromatic N) is 1. The lowest BCUT2D eigenvalue weighted by Gasteiger charge is -2.11. The van der Waals surface area contributed by atoms with E-state index >= 15 is 0 Å². The summed E-state index contributed by atoms with van der Waals surface area (Å²) in [5.41, 5.74) is 0.789. The number of benzene rings is 1. The third kappa shape index (κ3) is 3.93. The van der Waals surface area contributed by atoms with Gasteiger partial charge in [-0.05, 0) is 49.4 Å². The van der Waals surface area contributed by atoms with Crippen LogP contribution in [-0.4, -0.2) is 29.2 Å². The van der Waals surface area contributed by atoms with Gasteiger partial charge in [0.1, 0.15) is 5.75 Å². The minimum absolute atomic E-state index is 0.197. The molecule has 118 valence electrons. The van der Waals surface area contributed by atoms with Gasteiger partial charge in [-0.3, -0.25) is 14.5 Å². The molecule has 1 heterocycles. The molecule has 1 saturated heterocycles. The molecule has 0 aliphatic carbocycles. The number of hydrogen-bond donors (Lipinski definition) is 0. The smallest absolute Gasteiger partial charge is 0.293 e. The van der Waals surface area contributed by atoms with Gasteiger partial charge in [0.2, 0.25) is 0 Å². The second kappa shape index (κ2) is 7.83. The number of carbonyl (C=O) groups is 2. The third-order valence-electron chi connectivity index (χ3n) is 3.17. The number of rotatable bonds is 6. The Morgan fingerprint density at radius 3 is 2.77 bits per heavy atom. The molecule has 1 aromatic carbocycles. The molecule has 2 amide bonds. The fourth-order valence-electron chi connectivity index (χ4n) is 2.07. The van der Waals surface area contributed by atoms with Crippen LogP contribution in [0.25, 0.3) is 6.08 Å². The molecule has 1 aliphatic rings. The zero-order chi connectivity index (χ0) is 16.1. The van der Waals surface area contributed by atoms with Crippen LogP contribution >= 0.6 is 27.7 Å². The van der Waals surface area contributed by atoms with Gasteiger partial charge in [0.15, 0.2) is 0 Å². The predicted octanol–water partition coefficient (Wildman–Crippen LogP) is 4.68. The highest BCUT2D eigenvalue weighted by molar-refractivity contribution is 9.10. The standard InChI is InChI=1S/C16H18BrNO3S/c1-3-5-8-18-15(19)14(22-16(18)20)10-11-9-12(17)6-7-13(11)21-4-2/h6-7,9-10H,3-5,8H2,1-2H3/b14-10-. The maximum absolute atomic E-state index is 12.3. The summed E-state index contributed by atoms with van der Waals surface area (Å²) in [5, 5.41) is -0.197. The van der Waals surface area contributed by atoms with Crippen molar-refractivity contribution >= 4 is 44.9 Å². The second-order valence-corrected chi connectivity index (χ2v) is 6.71. The summed E-state index contributed by atoms with van der Waals surface area (Å²) in [6.07, 6.45) is 3.50. The number of unbranched alkanes of at least 4 members (excludes halogenated alkanes) is 1. The van der Waals surface area contributed by atoms with Crippen molar-refractivity contribution in [1.29, 1.82) is 0 Å². The molecular weight excluding hydrogens is 366 g/mol. The average molecular weight is 384 g/mol. The number of ether oxygens (including phenoxy) is 1. The van der Waals surface area contributed by atoms with Crippen LogP contribution in [0.1, 0.15) is 32.3 Å². The van der Waals surface area contributed by atoms with Gasteiger partial charge in [0.25, 0.3) is 11.1 Å². The first-order valence-corrected chi connectivity index (χ1v) is 8.85. The first-order valence-electron chi connectivity index (χ1n) is 7.24. The molecule has 1 aliphatic heterocycles. The molecule has 0 N–H and O–H groups in total. The molecule has 0 aromatic heterocycles. The molecule has 0 unspecified atom stereocenters.